The fourth-order valence-corrected chi connectivity index (χ4v) is 2.45. The highest BCUT2D eigenvalue weighted by molar-refractivity contribution is 6.25. The third kappa shape index (κ3) is 2.66. The second-order valence-corrected chi connectivity index (χ2v) is 4.89. The van der Waals surface area contributed by atoms with Gasteiger partial charge in [-0.1, -0.05) is 18.2 Å². The number of imide groups is 1. The van der Waals surface area contributed by atoms with Crippen LogP contribution in [-0.2, 0) is 0 Å². The second-order valence-electron chi connectivity index (χ2n) is 4.89. The highest BCUT2D eigenvalue weighted by Gasteiger charge is 2.30. The molecule has 0 aliphatic carbocycles. The number of anilines is 1. The summed E-state index contributed by atoms with van der Waals surface area (Å²) in [5.74, 6) is -0.926. The Balaban J connectivity index is 1.94. The summed E-state index contributed by atoms with van der Waals surface area (Å²) in [6.07, 6.45) is 0. The summed E-state index contributed by atoms with van der Waals surface area (Å²) in [7, 11) is 0. The molecule has 0 saturated carbocycles. The van der Waals surface area contributed by atoms with Crippen LogP contribution in [0.1, 0.15) is 38.0 Å². The van der Waals surface area contributed by atoms with Crippen molar-refractivity contribution in [3.63, 3.8) is 0 Å². The molecule has 2 aromatic carbocycles. The summed E-state index contributed by atoms with van der Waals surface area (Å²) in [5.41, 5.74) is 1.09. The van der Waals surface area contributed by atoms with Crippen molar-refractivity contribution in [1.82, 2.24) is 5.32 Å². The molecule has 0 unspecified atom stereocenters. The van der Waals surface area contributed by atoms with Gasteiger partial charge >= 0.3 is 0 Å². The molecule has 1 aliphatic heterocycles. The molecule has 6 nitrogen and oxygen atoms in total. The van der Waals surface area contributed by atoms with Crippen LogP contribution < -0.4 is 15.4 Å². The molecule has 0 bridgehead atoms. The van der Waals surface area contributed by atoms with Gasteiger partial charge in [0, 0.05) is 0 Å². The van der Waals surface area contributed by atoms with Crippen LogP contribution in [0.25, 0.3) is 0 Å². The van der Waals surface area contributed by atoms with Gasteiger partial charge in [-0.15, -0.1) is 0 Å². The minimum absolute atomic E-state index is 0.180. The quantitative estimate of drug-likeness (QED) is 0.848. The van der Waals surface area contributed by atoms with Gasteiger partial charge in [0.25, 0.3) is 17.7 Å². The summed E-state index contributed by atoms with van der Waals surface area (Å²) in [5, 5.41) is 4.89. The van der Waals surface area contributed by atoms with Gasteiger partial charge in [-0.05, 0) is 31.2 Å². The number of fused-ring (bicyclic) bond motifs is 1. The molecule has 0 saturated heterocycles. The average molecular weight is 310 g/mol. The molecule has 2 aromatic rings. The Hall–Kier alpha value is -3.15. The fraction of sp³-hybridized carbons (Fsp3) is 0.118. The van der Waals surface area contributed by atoms with Crippen LogP contribution >= 0.6 is 0 Å². The number of carbonyl (C=O) groups excluding carboxylic acids is 3. The van der Waals surface area contributed by atoms with Crippen LogP contribution in [0, 0.1) is 0 Å². The summed E-state index contributed by atoms with van der Waals surface area (Å²) >= 11 is 0. The molecular formula is C17H14N2O4. The van der Waals surface area contributed by atoms with E-state index in [0.717, 1.165) is 0 Å². The van der Waals surface area contributed by atoms with Crippen molar-refractivity contribution in [2.75, 3.05) is 11.9 Å². The molecule has 2 N–H and O–H groups in total. The number of nitrogens with one attached hydrogen (secondary N) is 2. The van der Waals surface area contributed by atoms with Gasteiger partial charge in [-0.3, -0.25) is 19.7 Å². The number of para-hydroxylation sites is 1. The molecule has 0 radical (unpaired) electrons. The molecule has 116 valence electrons. The lowest BCUT2D eigenvalue weighted by atomic mass is 10.1. The molecule has 0 spiro atoms. The van der Waals surface area contributed by atoms with Crippen LogP contribution in [0.5, 0.6) is 5.75 Å². The van der Waals surface area contributed by atoms with E-state index in [1.807, 2.05) is 6.92 Å². The van der Waals surface area contributed by atoms with E-state index in [1.54, 1.807) is 42.5 Å². The van der Waals surface area contributed by atoms with Gasteiger partial charge in [0.05, 0.1) is 29.0 Å². The van der Waals surface area contributed by atoms with E-state index < -0.39 is 17.7 Å². The molecule has 0 atom stereocenters. The van der Waals surface area contributed by atoms with Gasteiger partial charge < -0.3 is 10.1 Å². The zero-order chi connectivity index (χ0) is 16.4. The Morgan fingerprint density at radius 3 is 2.65 bits per heavy atom. The van der Waals surface area contributed by atoms with Gasteiger partial charge in [-0.2, -0.15) is 0 Å². The van der Waals surface area contributed by atoms with E-state index >= 15 is 0 Å². The maximum absolute atomic E-state index is 12.5. The SMILES string of the molecule is CCOc1ccccc1C(=O)Nc1cccc2c1C(=O)NC2=O. The van der Waals surface area contributed by atoms with Crippen molar-refractivity contribution in [2.45, 2.75) is 6.92 Å². The van der Waals surface area contributed by atoms with Crippen LogP contribution in [0.15, 0.2) is 42.5 Å². The second kappa shape index (κ2) is 5.92. The van der Waals surface area contributed by atoms with E-state index in [1.165, 1.54) is 0 Å². The molecule has 1 aliphatic rings. The smallest absolute Gasteiger partial charge is 0.261 e. The largest absolute Gasteiger partial charge is 0.493 e. The number of amides is 3. The summed E-state index contributed by atoms with van der Waals surface area (Å²) in [6.45, 7) is 2.26. The first-order chi connectivity index (χ1) is 11.1. The summed E-state index contributed by atoms with van der Waals surface area (Å²) in [4.78, 5) is 36.0. The Bertz CT molecular complexity index is 814. The first kappa shape index (κ1) is 14.8. The van der Waals surface area contributed by atoms with E-state index in [-0.39, 0.29) is 11.1 Å². The zero-order valence-corrected chi connectivity index (χ0v) is 12.4. The first-order valence-electron chi connectivity index (χ1n) is 7.13. The number of hydrogen-bond donors (Lipinski definition) is 2. The molecular weight excluding hydrogens is 296 g/mol. The third-order valence-electron chi connectivity index (χ3n) is 3.44. The number of carbonyl (C=O) groups is 3. The summed E-state index contributed by atoms with van der Waals surface area (Å²) < 4.78 is 5.43. The number of rotatable bonds is 4. The fourth-order valence-electron chi connectivity index (χ4n) is 2.45. The Morgan fingerprint density at radius 1 is 1.09 bits per heavy atom. The van der Waals surface area contributed by atoms with Gasteiger partial charge in [0.15, 0.2) is 0 Å². The number of hydrogen-bond acceptors (Lipinski definition) is 4. The minimum Gasteiger partial charge on any atom is -0.493 e. The van der Waals surface area contributed by atoms with Crippen molar-refractivity contribution in [2.24, 2.45) is 0 Å². The van der Waals surface area contributed by atoms with Gasteiger partial charge in [0.1, 0.15) is 5.75 Å². The maximum atomic E-state index is 12.5. The van der Waals surface area contributed by atoms with E-state index in [0.29, 0.717) is 23.6 Å². The zero-order valence-electron chi connectivity index (χ0n) is 12.4. The van der Waals surface area contributed by atoms with E-state index in [4.69, 9.17) is 4.74 Å². The lowest BCUT2D eigenvalue weighted by Gasteiger charge is -2.11. The molecule has 3 rings (SSSR count). The monoisotopic (exact) mass is 310 g/mol. The van der Waals surface area contributed by atoms with Crippen LogP contribution in [0.3, 0.4) is 0 Å². The first-order valence-corrected chi connectivity index (χ1v) is 7.13. The highest BCUT2D eigenvalue weighted by Crippen LogP contribution is 2.26. The Labute approximate surface area is 132 Å². The number of ether oxygens (including phenoxy) is 1. The standard InChI is InChI=1S/C17H14N2O4/c1-2-23-13-9-4-3-6-10(13)15(20)18-12-8-5-7-11-14(12)17(22)19-16(11)21/h3-9H,2H2,1H3,(H,18,20)(H,19,21,22). The highest BCUT2D eigenvalue weighted by atomic mass is 16.5. The van der Waals surface area contributed by atoms with Gasteiger partial charge in [-0.25, -0.2) is 0 Å². The normalized spacial score (nSPS) is 12.6. The van der Waals surface area contributed by atoms with Crippen molar-refractivity contribution in [3.8, 4) is 5.75 Å². The third-order valence-corrected chi connectivity index (χ3v) is 3.44. The minimum atomic E-state index is -0.515. The lowest BCUT2D eigenvalue weighted by Crippen LogP contribution is -2.21. The van der Waals surface area contributed by atoms with Crippen molar-refractivity contribution in [3.05, 3.63) is 59.2 Å². The molecule has 6 heteroatoms. The molecule has 0 fully saturated rings. The van der Waals surface area contributed by atoms with Crippen molar-refractivity contribution < 1.29 is 19.1 Å². The lowest BCUT2D eigenvalue weighted by molar-refractivity contribution is 0.0879. The molecule has 0 aromatic heterocycles. The molecule has 1 heterocycles. The topological polar surface area (TPSA) is 84.5 Å². The van der Waals surface area contributed by atoms with Crippen LogP contribution in [0.2, 0.25) is 0 Å². The Morgan fingerprint density at radius 2 is 1.87 bits per heavy atom. The predicted octanol–water partition coefficient (Wildman–Crippen LogP) is 2.22. The Kier molecular flexibility index (Phi) is 3.80. The predicted molar refractivity (Wildman–Crippen MR) is 83.8 cm³/mol. The summed E-state index contributed by atoms with van der Waals surface area (Å²) in [6, 6.07) is 11.6. The van der Waals surface area contributed by atoms with E-state index in [9.17, 15) is 14.4 Å². The number of benzene rings is 2. The molecule has 3 amide bonds. The van der Waals surface area contributed by atoms with E-state index in [2.05, 4.69) is 10.6 Å². The van der Waals surface area contributed by atoms with Crippen molar-refractivity contribution in [1.29, 1.82) is 0 Å². The van der Waals surface area contributed by atoms with Crippen LogP contribution in [0.4, 0.5) is 5.69 Å². The average Bonchev–Trinajstić information content (AvgIpc) is 2.84. The van der Waals surface area contributed by atoms with Crippen molar-refractivity contribution >= 4 is 23.4 Å². The van der Waals surface area contributed by atoms with Crippen LogP contribution in [-0.4, -0.2) is 24.3 Å². The maximum Gasteiger partial charge on any atom is 0.261 e. The molecule has 23 heavy (non-hydrogen) atoms. The van der Waals surface area contributed by atoms with Gasteiger partial charge in [0.2, 0.25) is 0 Å².